The Morgan fingerprint density at radius 1 is 1.30 bits per heavy atom. The minimum atomic E-state index is -4.56. The zero-order valence-electron chi connectivity index (χ0n) is 9.66. The van der Waals surface area contributed by atoms with Crippen LogP contribution in [-0.4, -0.2) is 13.4 Å². The van der Waals surface area contributed by atoms with Crippen molar-refractivity contribution in [2.75, 3.05) is 4.72 Å². The summed E-state index contributed by atoms with van der Waals surface area (Å²) < 4.78 is 63.8. The van der Waals surface area contributed by atoms with Crippen LogP contribution in [0, 0.1) is 6.92 Å². The largest absolute Gasteiger partial charge is 0.427 e. The molecule has 4 nitrogen and oxygen atoms in total. The third-order valence-corrected chi connectivity index (χ3v) is 6.40. The van der Waals surface area contributed by atoms with Gasteiger partial charge in [-0.2, -0.15) is 13.2 Å². The van der Waals surface area contributed by atoms with Gasteiger partial charge in [-0.3, -0.25) is 4.72 Å². The number of aromatic nitrogens is 1. The van der Waals surface area contributed by atoms with E-state index < -0.39 is 21.1 Å². The highest BCUT2D eigenvalue weighted by Crippen LogP contribution is 2.38. The standard InChI is InChI=1S/C9H6ClF3N2O2S3/c1-4-7(9(11,12)13)19-8(14-4)15-20(16,17)6-3-2-5(10)18-6/h2-3H,1H3,(H,14,15). The third kappa shape index (κ3) is 3.25. The highest BCUT2D eigenvalue weighted by atomic mass is 35.5. The molecular weight excluding hydrogens is 357 g/mol. The Bertz CT molecular complexity index is 736. The highest BCUT2D eigenvalue weighted by molar-refractivity contribution is 7.94. The second-order valence-electron chi connectivity index (χ2n) is 3.60. The van der Waals surface area contributed by atoms with Crippen LogP contribution < -0.4 is 4.72 Å². The lowest BCUT2D eigenvalue weighted by molar-refractivity contribution is -0.134. The molecule has 0 unspecified atom stereocenters. The smallest absolute Gasteiger partial charge is 0.254 e. The monoisotopic (exact) mass is 362 g/mol. The van der Waals surface area contributed by atoms with Crippen LogP contribution in [0.2, 0.25) is 4.34 Å². The minimum Gasteiger partial charge on any atom is -0.254 e. The quantitative estimate of drug-likeness (QED) is 0.898. The predicted octanol–water partition coefficient (Wildman–Crippen LogP) is 3.99. The number of sulfonamides is 1. The zero-order chi connectivity index (χ0) is 15.1. The number of nitrogens with one attached hydrogen (secondary N) is 1. The topological polar surface area (TPSA) is 59.1 Å². The summed E-state index contributed by atoms with van der Waals surface area (Å²) >= 11 is 6.66. The lowest BCUT2D eigenvalue weighted by atomic mass is 10.4. The summed E-state index contributed by atoms with van der Waals surface area (Å²) in [7, 11) is -3.98. The van der Waals surface area contributed by atoms with Crippen molar-refractivity contribution in [1.29, 1.82) is 0 Å². The van der Waals surface area contributed by atoms with Crippen LogP contribution in [-0.2, 0) is 16.2 Å². The van der Waals surface area contributed by atoms with Crippen LogP contribution >= 0.6 is 34.3 Å². The van der Waals surface area contributed by atoms with Crippen molar-refractivity contribution >= 4 is 49.4 Å². The van der Waals surface area contributed by atoms with Gasteiger partial charge in [-0.25, -0.2) is 13.4 Å². The van der Waals surface area contributed by atoms with E-state index in [0.29, 0.717) is 0 Å². The normalized spacial score (nSPS) is 12.7. The second-order valence-corrected chi connectivity index (χ2v) is 8.22. The number of thiophene rings is 1. The number of hydrogen-bond donors (Lipinski definition) is 1. The third-order valence-electron chi connectivity index (χ3n) is 2.09. The summed E-state index contributed by atoms with van der Waals surface area (Å²) in [6.45, 7) is 1.17. The Kier molecular flexibility index (Phi) is 4.02. The van der Waals surface area contributed by atoms with Crippen LogP contribution in [0.3, 0.4) is 0 Å². The molecule has 0 amide bonds. The molecule has 2 aromatic rings. The summed E-state index contributed by atoms with van der Waals surface area (Å²) in [6, 6.07) is 2.65. The Balaban J connectivity index is 2.31. The number of thiazole rings is 1. The maximum atomic E-state index is 12.6. The molecule has 0 bridgehead atoms. The SMILES string of the molecule is Cc1nc(NS(=O)(=O)c2ccc(Cl)s2)sc1C(F)(F)F. The summed E-state index contributed by atoms with van der Waals surface area (Å²) in [5.74, 6) is 0. The molecule has 0 radical (unpaired) electrons. The summed E-state index contributed by atoms with van der Waals surface area (Å²) in [5.41, 5.74) is -0.274. The van der Waals surface area contributed by atoms with E-state index >= 15 is 0 Å². The van der Waals surface area contributed by atoms with E-state index in [-0.39, 0.29) is 30.7 Å². The molecule has 110 valence electrons. The van der Waals surface area contributed by atoms with Crippen molar-refractivity contribution in [3.05, 3.63) is 27.0 Å². The van der Waals surface area contributed by atoms with Gasteiger partial charge in [-0.05, 0) is 19.1 Å². The van der Waals surface area contributed by atoms with E-state index in [1.807, 2.05) is 4.72 Å². The molecule has 0 aliphatic rings. The van der Waals surface area contributed by atoms with E-state index in [1.165, 1.54) is 19.1 Å². The maximum absolute atomic E-state index is 12.6. The molecule has 0 spiro atoms. The molecule has 0 aliphatic carbocycles. The Labute approximate surface area is 125 Å². The molecular formula is C9H6ClF3N2O2S3. The van der Waals surface area contributed by atoms with Gasteiger partial charge in [0.15, 0.2) is 5.13 Å². The number of anilines is 1. The van der Waals surface area contributed by atoms with Gasteiger partial charge in [-0.15, -0.1) is 11.3 Å². The molecule has 0 aliphatic heterocycles. The molecule has 0 atom stereocenters. The van der Waals surface area contributed by atoms with Crippen molar-refractivity contribution in [3.8, 4) is 0 Å². The van der Waals surface area contributed by atoms with E-state index in [4.69, 9.17) is 11.6 Å². The number of rotatable bonds is 3. The molecule has 11 heteroatoms. The van der Waals surface area contributed by atoms with Gasteiger partial charge < -0.3 is 0 Å². The first-order valence-electron chi connectivity index (χ1n) is 4.92. The Morgan fingerprint density at radius 2 is 1.95 bits per heavy atom. The average molecular weight is 363 g/mol. The van der Waals surface area contributed by atoms with Crippen LogP contribution in [0.1, 0.15) is 10.6 Å². The number of halogens is 4. The number of hydrogen-bond acceptors (Lipinski definition) is 5. The van der Waals surface area contributed by atoms with E-state index in [2.05, 4.69) is 4.98 Å². The van der Waals surface area contributed by atoms with Gasteiger partial charge >= 0.3 is 6.18 Å². The fourth-order valence-electron chi connectivity index (χ4n) is 1.31. The first kappa shape index (κ1) is 15.5. The minimum absolute atomic E-state index is 0.0936. The molecule has 0 saturated carbocycles. The average Bonchev–Trinajstić information content (AvgIpc) is 2.84. The Hall–Kier alpha value is -0.840. The first-order chi connectivity index (χ1) is 9.09. The predicted molar refractivity (Wildman–Crippen MR) is 72.0 cm³/mol. The van der Waals surface area contributed by atoms with E-state index in [1.54, 1.807) is 0 Å². The van der Waals surface area contributed by atoms with Crippen molar-refractivity contribution < 1.29 is 21.6 Å². The van der Waals surface area contributed by atoms with Gasteiger partial charge in [0, 0.05) is 0 Å². The molecule has 0 saturated heterocycles. The molecule has 1 N–H and O–H groups in total. The molecule has 20 heavy (non-hydrogen) atoms. The fourth-order valence-corrected chi connectivity index (χ4v) is 4.86. The highest BCUT2D eigenvalue weighted by Gasteiger charge is 2.36. The zero-order valence-corrected chi connectivity index (χ0v) is 12.9. The Morgan fingerprint density at radius 3 is 2.40 bits per heavy atom. The second kappa shape index (κ2) is 5.17. The summed E-state index contributed by atoms with van der Waals surface area (Å²) in [6.07, 6.45) is -4.56. The van der Waals surface area contributed by atoms with Crippen molar-refractivity contribution in [2.45, 2.75) is 17.3 Å². The van der Waals surface area contributed by atoms with Crippen molar-refractivity contribution in [2.24, 2.45) is 0 Å². The molecule has 2 rings (SSSR count). The maximum Gasteiger partial charge on any atom is 0.427 e. The van der Waals surface area contributed by atoms with Crippen molar-refractivity contribution in [1.82, 2.24) is 4.98 Å². The van der Waals surface area contributed by atoms with Gasteiger partial charge in [-0.1, -0.05) is 22.9 Å². The lowest BCUT2D eigenvalue weighted by Gasteiger charge is -2.02. The van der Waals surface area contributed by atoms with Gasteiger partial charge in [0.1, 0.15) is 9.09 Å². The number of alkyl halides is 3. The number of aryl methyl sites for hydroxylation is 1. The van der Waals surface area contributed by atoms with Crippen molar-refractivity contribution in [3.63, 3.8) is 0 Å². The molecule has 2 aromatic heterocycles. The lowest BCUT2D eigenvalue weighted by Crippen LogP contribution is -2.11. The van der Waals surface area contributed by atoms with E-state index in [9.17, 15) is 21.6 Å². The van der Waals surface area contributed by atoms with E-state index in [0.717, 1.165) is 11.3 Å². The molecule has 0 aromatic carbocycles. The van der Waals surface area contributed by atoms with Crippen LogP contribution in [0.4, 0.5) is 18.3 Å². The summed E-state index contributed by atoms with van der Waals surface area (Å²) in [4.78, 5) is 2.64. The molecule has 2 heterocycles. The van der Waals surface area contributed by atoms with Crippen LogP contribution in [0.25, 0.3) is 0 Å². The molecule has 0 fully saturated rings. The van der Waals surface area contributed by atoms with Gasteiger partial charge in [0.2, 0.25) is 0 Å². The number of nitrogens with zero attached hydrogens (tertiary/aromatic N) is 1. The van der Waals surface area contributed by atoms with Gasteiger partial charge in [0.25, 0.3) is 10.0 Å². The van der Waals surface area contributed by atoms with Crippen LogP contribution in [0.5, 0.6) is 0 Å². The van der Waals surface area contributed by atoms with Gasteiger partial charge in [0.05, 0.1) is 10.0 Å². The van der Waals surface area contributed by atoms with Crippen LogP contribution in [0.15, 0.2) is 16.3 Å². The first-order valence-corrected chi connectivity index (χ1v) is 8.42. The fraction of sp³-hybridized carbons (Fsp3) is 0.222. The summed E-state index contributed by atoms with van der Waals surface area (Å²) in [5, 5.41) is -0.334.